The lowest BCUT2D eigenvalue weighted by Crippen LogP contribution is -2.29. The number of benzene rings is 3. The van der Waals surface area contributed by atoms with E-state index in [1.807, 2.05) is 38.1 Å². The lowest BCUT2D eigenvalue weighted by atomic mass is 9.95. The minimum Gasteiger partial charge on any atom is -0.507 e. The average molecular weight is 522 g/mol. The summed E-state index contributed by atoms with van der Waals surface area (Å²) >= 11 is 6.27. The molecule has 0 aromatic heterocycles. The Balaban J connectivity index is 1.80. The van der Waals surface area contributed by atoms with Crippen molar-refractivity contribution in [2.24, 2.45) is 0 Å². The summed E-state index contributed by atoms with van der Waals surface area (Å²) in [4.78, 5) is 28.1. The fourth-order valence-electron chi connectivity index (χ4n) is 4.31. The minimum atomic E-state index is -0.845. The molecule has 8 heteroatoms. The molecule has 1 fully saturated rings. The summed E-state index contributed by atoms with van der Waals surface area (Å²) in [5.41, 5.74) is 1.70. The number of likely N-dealkylation sites (tertiary alicyclic amines) is 1. The Kier molecular flexibility index (Phi) is 7.74. The summed E-state index contributed by atoms with van der Waals surface area (Å²) in [6, 6.07) is 18.3. The molecule has 1 heterocycles. The van der Waals surface area contributed by atoms with Gasteiger partial charge in [-0.05, 0) is 67.4 Å². The highest BCUT2D eigenvalue weighted by Crippen LogP contribution is 2.42. The number of rotatable bonds is 8. The highest BCUT2D eigenvalue weighted by molar-refractivity contribution is 6.46. The van der Waals surface area contributed by atoms with Crippen molar-refractivity contribution in [3.8, 4) is 17.2 Å². The molecule has 1 saturated heterocycles. The Labute approximate surface area is 220 Å². The van der Waals surface area contributed by atoms with Crippen molar-refractivity contribution >= 4 is 29.1 Å². The van der Waals surface area contributed by atoms with Crippen molar-refractivity contribution in [2.75, 3.05) is 14.2 Å². The van der Waals surface area contributed by atoms with Gasteiger partial charge in [-0.25, -0.2) is 0 Å². The Morgan fingerprint density at radius 3 is 2.32 bits per heavy atom. The molecule has 0 saturated carbocycles. The van der Waals surface area contributed by atoms with E-state index in [2.05, 4.69) is 0 Å². The summed E-state index contributed by atoms with van der Waals surface area (Å²) in [6.45, 7) is 4.03. The zero-order valence-electron chi connectivity index (χ0n) is 21.0. The maximum absolute atomic E-state index is 13.3. The van der Waals surface area contributed by atoms with Gasteiger partial charge < -0.3 is 24.2 Å². The second-order valence-electron chi connectivity index (χ2n) is 8.86. The van der Waals surface area contributed by atoms with E-state index < -0.39 is 17.7 Å². The van der Waals surface area contributed by atoms with Crippen molar-refractivity contribution in [1.29, 1.82) is 0 Å². The number of ketones is 1. The predicted molar refractivity (Wildman–Crippen MR) is 141 cm³/mol. The third-order valence-corrected chi connectivity index (χ3v) is 6.32. The van der Waals surface area contributed by atoms with Crippen molar-refractivity contribution in [3.05, 3.63) is 94.0 Å². The van der Waals surface area contributed by atoms with Gasteiger partial charge in [0.25, 0.3) is 11.7 Å². The molecular formula is C29H28ClNO6. The SMILES string of the molecule is COc1cccc(C2/C(=C(/O)c3ccc(OC)c(Cl)c3)C(=O)C(=O)N2Cc2ccc(OC(C)C)cc2)c1. The van der Waals surface area contributed by atoms with E-state index in [1.165, 1.54) is 25.2 Å². The normalized spacial score (nSPS) is 16.8. The molecule has 1 aliphatic heterocycles. The quantitative estimate of drug-likeness (QED) is 0.230. The number of aliphatic hydroxyl groups excluding tert-OH is 1. The van der Waals surface area contributed by atoms with Crippen LogP contribution >= 0.6 is 11.6 Å². The number of hydrogen-bond acceptors (Lipinski definition) is 6. The third-order valence-electron chi connectivity index (χ3n) is 6.02. The number of carbonyl (C=O) groups excluding carboxylic acids is 2. The number of carbonyl (C=O) groups is 2. The molecule has 37 heavy (non-hydrogen) atoms. The summed E-state index contributed by atoms with van der Waals surface area (Å²) < 4.78 is 16.3. The van der Waals surface area contributed by atoms with Crippen LogP contribution in [-0.4, -0.2) is 42.0 Å². The van der Waals surface area contributed by atoms with Gasteiger partial charge in [0.15, 0.2) is 0 Å². The first kappa shape index (κ1) is 26.1. The van der Waals surface area contributed by atoms with Crippen LogP contribution in [0.2, 0.25) is 5.02 Å². The number of Topliss-reactive ketones (excluding diaryl/α,β-unsaturated/α-hetero) is 1. The molecule has 1 aliphatic rings. The minimum absolute atomic E-state index is 0.0285. The monoisotopic (exact) mass is 521 g/mol. The fraction of sp³-hybridized carbons (Fsp3) is 0.241. The van der Waals surface area contributed by atoms with Crippen LogP contribution in [0, 0.1) is 0 Å². The van der Waals surface area contributed by atoms with Gasteiger partial charge in [-0.2, -0.15) is 0 Å². The lowest BCUT2D eigenvalue weighted by Gasteiger charge is -2.26. The van der Waals surface area contributed by atoms with E-state index in [-0.39, 0.29) is 29.0 Å². The zero-order valence-corrected chi connectivity index (χ0v) is 21.8. The molecule has 0 aliphatic carbocycles. The number of aliphatic hydroxyl groups is 1. The Hall–Kier alpha value is -3.97. The summed E-state index contributed by atoms with van der Waals surface area (Å²) in [5, 5.41) is 11.6. The second-order valence-corrected chi connectivity index (χ2v) is 9.27. The van der Waals surface area contributed by atoms with Gasteiger partial charge in [-0.1, -0.05) is 35.9 Å². The Morgan fingerprint density at radius 1 is 0.973 bits per heavy atom. The van der Waals surface area contributed by atoms with Crippen molar-refractivity contribution in [1.82, 2.24) is 4.90 Å². The Bertz CT molecular complexity index is 1350. The first-order valence-electron chi connectivity index (χ1n) is 11.7. The van der Waals surface area contributed by atoms with Gasteiger partial charge >= 0.3 is 0 Å². The van der Waals surface area contributed by atoms with Crippen LogP contribution in [0.4, 0.5) is 0 Å². The van der Waals surface area contributed by atoms with Crippen LogP contribution in [0.1, 0.15) is 36.6 Å². The van der Waals surface area contributed by atoms with Crippen LogP contribution in [0.15, 0.2) is 72.3 Å². The van der Waals surface area contributed by atoms with Crippen LogP contribution in [0.3, 0.4) is 0 Å². The molecule has 0 bridgehead atoms. The maximum Gasteiger partial charge on any atom is 0.295 e. The van der Waals surface area contributed by atoms with Gasteiger partial charge in [-0.15, -0.1) is 0 Å². The molecule has 1 N–H and O–H groups in total. The van der Waals surface area contributed by atoms with E-state index in [4.69, 9.17) is 25.8 Å². The first-order chi connectivity index (χ1) is 17.7. The van der Waals surface area contributed by atoms with Crippen LogP contribution in [0.5, 0.6) is 17.2 Å². The van der Waals surface area contributed by atoms with E-state index in [9.17, 15) is 14.7 Å². The number of nitrogens with zero attached hydrogens (tertiary/aromatic N) is 1. The molecule has 0 radical (unpaired) electrons. The predicted octanol–water partition coefficient (Wildman–Crippen LogP) is 5.77. The molecule has 3 aromatic rings. The van der Waals surface area contributed by atoms with E-state index in [0.717, 1.165) is 5.56 Å². The standard InChI is InChI=1S/C29H28ClNO6/c1-17(2)37-21-11-8-18(9-12-21)16-31-26(19-6-5-7-22(14-19)35-3)25(28(33)29(31)34)27(32)20-10-13-24(36-4)23(30)15-20/h5-15,17,26,32H,16H2,1-4H3/b27-25-. The van der Waals surface area contributed by atoms with Gasteiger partial charge in [0, 0.05) is 12.1 Å². The molecular weight excluding hydrogens is 494 g/mol. The van der Waals surface area contributed by atoms with Crippen molar-refractivity contribution < 1.29 is 28.9 Å². The summed E-state index contributed by atoms with van der Waals surface area (Å²) in [7, 11) is 3.02. The fourth-order valence-corrected chi connectivity index (χ4v) is 4.57. The highest BCUT2D eigenvalue weighted by Gasteiger charge is 2.46. The summed E-state index contributed by atoms with van der Waals surface area (Å²) in [5.74, 6) is -0.118. The molecule has 1 amide bonds. The van der Waals surface area contributed by atoms with Gasteiger partial charge in [0.2, 0.25) is 0 Å². The van der Waals surface area contributed by atoms with E-state index >= 15 is 0 Å². The van der Waals surface area contributed by atoms with E-state index in [1.54, 1.807) is 36.4 Å². The molecule has 3 aromatic carbocycles. The highest BCUT2D eigenvalue weighted by atomic mass is 35.5. The maximum atomic E-state index is 13.3. The molecule has 0 spiro atoms. The zero-order chi connectivity index (χ0) is 26.7. The van der Waals surface area contributed by atoms with Crippen molar-refractivity contribution in [3.63, 3.8) is 0 Å². The van der Waals surface area contributed by atoms with Crippen LogP contribution in [0.25, 0.3) is 5.76 Å². The molecule has 4 rings (SSSR count). The largest absolute Gasteiger partial charge is 0.507 e. The van der Waals surface area contributed by atoms with Gasteiger partial charge in [-0.3, -0.25) is 9.59 Å². The lowest BCUT2D eigenvalue weighted by molar-refractivity contribution is -0.140. The first-order valence-corrected chi connectivity index (χ1v) is 12.1. The molecule has 1 atom stereocenters. The number of halogens is 1. The topological polar surface area (TPSA) is 85.3 Å². The Morgan fingerprint density at radius 2 is 1.70 bits per heavy atom. The van der Waals surface area contributed by atoms with Crippen LogP contribution < -0.4 is 14.2 Å². The molecule has 1 unspecified atom stereocenters. The summed E-state index contributed by atoms with van der Waals surface area (Å²) in [6.07, 6.45) is 0.0307. The van der Waals surface area contributed by atoms with Gasteiger partial charge in [0.05, 0.1) is 37.0 Å². The smallest absolute Gasteiger partial charge is 0.295 e. The van der Waals surface area contributed by atoms with Gasteiger partial charge in [0.1, 0.15) is 23.0 Å². The number of methoxy groups -OCH3 is 2. The number of ether oxygens (including phenoxy) is 3. The molecule has 192 valence electrons. The van der Waals surface area contributed by atoms with E-state index in [0.29, 0.717) is 28.4 Å². The third kappa shape index (κ3) is 5.42. The molecule has 7 nitrogen and oxygen atoms in total. The number of hydrogen-bond donors (Lipinski definition) is 1. The second kappa shape index (κ2) is 11.0. The average Bonchev–Trinajstić information content (AvgIpc) is 3.14. The van der Waals surface area contributed by atoms with Crippen LogP contribution in [-0.2, 0) is 16.1 Å². The number of amides is 1. The van der Waals surface area contributed by atoms with Crippen molar-refractivity contribution in [2.45, 2.75) is 32.5 Å².